The van der Waals surface area contributed by atoms with Crippen molar-refractivity contribution >= 4 is 11.8 Å². The second-order valence-corrected chi connectivity index (χ2v) is 5.96. The molecule has 4 N–H and O–H groups in total. The average molecular weight is 283 g/mol. The minimum absolute atomic E-state index is 0.00305. The molecule has 0 spiro atoms. The predicted molar refractivity (Wildman–Crippen MR) is 80.1 cm³/mol. The molecule has 1 fully saturated rings. The minimum atomic E-state index is 0.00305. The summed E-state index contributed by atoms with van der Waals surface area (Å²) < 4.78 is 0. The van der Waals surface area contributed by atoms with Crippen LogP contribution in [0.1, 0.15) is 58.8 Å². The molecule has 0 aromatic heterocycles. The maximum atomic E-state index is 11.8. The van der Waals surface area contributed by atoms with Crippen LogP contribution in [0.2, 0.25) is 0 Å². The van der Waals surface area contributed by atoms with E-state index in [2.05, 4.69) is 10.6 Å². The van der Waals surface area contributed by atoms with Gasteiger partial charge in [-0.15, -0.1) is 0 Å². The molecular weight excluding hydrogens is 254 g/mol. The van der Waals surface area contributed by atoms with Gasteiger partial charge in [0.15, 0.2) is 0 Å². The van der Waals surface area contributed by atoms with Gasteiger partial charge in [0.1, 0.15) is 0 Å². The Morgan fingerprint density at radius 2 is 1.85 bits per heavy atom. The molecule has 1 aliphatic carbocycles. The van der Waals surface area contributed by atoms with Gasteiger partial charge in [0.25, 0.3) is 0 Å². The molecule has 1 atom stereocenters. The second-order valence-electron chi connectivity index (χ2n) is 5.96. The summed E-state index contributed by atoms with van der Waals surface area (Å²) in [4.78, 5) is 23.3. The molecule has 5 nitrogen and oxygen atoms in total. The molecular formula is C15H29N3O2. The van der Waals surface area contributed by atoms with Crippen molar-refractivity contribution in [3.05, 3.63) is 0 Å². The first-order valence-electron chi connectivity index (χ1n) is 7.82. The van der Waals surface area contributed by atoms with E-state index in [-0.39, 0.29) is 17.9 Å². The van der Waals surface area contributed by atoms with Gasteiger partial charge in [-0.25, -0.2) is 0 Å². The Morgan fingerprint density at radius 1 is 1.20 bits per heavy atom. The van der Waals surface area contributed by atoms with Crippen molar-refractivity contribution in [2.24, 2.45) is 11.7 Å². The van der Waals surface area contributed by atoms with E-state index in [0.29, 0.717) is 31.3 Å². The lowest BCUT2D eigenvalue weighted by atomic mass is 9.84. The first kappa shape index (κ1) is 17.0. The van der Waals surface area contributed by atoms with Crippen molar-refractivity contribution in [1.82, 2.24) is 10.6 Å². The molecule has 2 amide bonds. The normalized spacial score (nSPS) is 23.9. The van der Waals surface area contributed by atoms with E-state index in [0.717, 1.165) is 32.1 Å². The predicted octanol–water partition coefficient (Wildman–Crippen LogP) is 1.32. The van der Waals surface area contributed by atoms with Crippen molar-refractivity contribution < 1.29 is 9.59 Å². The second kappa shape index (κ2) is 8.95. The third kappa shape index (κ3) is 6.89. The summed E-state index contributed by atoms with van der Waals surface area (Å²) in [6.45, 7) is 4.43. The van der Waals surface area contributed by atoms with Crippen molar-refractivity contribution in [1.29, 1.82) is 0 Å². The van der Waals surface area contributed by atoms with Crippen LogP contribution < -0.4 is 16.4 Å². The van der Waals surface area contributed by atoms with E-state index >= 15 is 0 Å². The van der Waals surface area contributed by atoms with E-state index in [4.69, 9.17) is 5.73 Å². The smallest absolute Gasteiger partial charge is 0.221 e. The number of rotatable bonds is 7. The lowest BCUT2D eigenvalue weighted by Crippen LogP contribution is -2.36. The van der Waals surface area contributed by atoms with Crippen LogP contribution in [-0.2, 0) is 9.59 Å². The van der Waals surface area contributed by atoms with Crippen LogP contribution in [0, 0.1) is 5.92 Å². The molecule has 20 heavy (non-hydrogen) atoms. The molecule has 0 saturated heterocycles. The maximum absolute atomic E-state index is 11.8. The maximum Gasteiger partial charge on any atom is 0.221 e. The van der Waals surface area contributed by atoms with E-state index < -0.39 is 0 Å². The molecule has 1 rings (SSSR count). The summed E-state index contributed by atoms with van der Waals surface area (Å²) in [5, 5.41) is 5.72. The number of nitrogens with two attached hydrogens (primary N) is 1. The highest BCUT2D eigenvalue weighted by molar-refractivity contribution is 5.79. The van der Waals surface area contributed by atoms with Gasteiger partial charge in [0.05, 0.1) is 0 Å². The summed E-state index contributed by atoms with van der Waals surface area (Å²) in [5.41, 5.74) is 5.85. The minimum Gasteiger partial charge on any atom is -0.356 e. The molecule has 1 unspecified atom stereocenters. The van der Waals surface area contributed by atoms with Gasteiger partial charge < -0.3 is 16.4 Å². The molecule has 1 saturated carbocycles. The fraction of sp³-hybridized carbons (Fsp3) is 0.867. The summed E-state index contributed by atoms with van der Waals surface area (Å²) in [5.74, 6) is 0.522. The summed E-state index contributed by atoms with van der Waals surface area (Å²) >= 11 is 0. The Labute approximate surface area is 122 Å². The molecule has 0 aliphatic heterocycles. The summed E-state index contributed by atoms with van der Waals surface area (Å²) in [6.07, 6.45) is 5.98. The standard InChI is InChI=1S/C15H29N3O2/c1-3-11(2)18-14(19)8-9-17-15(20)10-12-4-6-13(16)7-5-12/h11-13H,3-10,16H2,1-2H3,(H,17,20)(H,18,19). The highest BCUT2D eigenvalue weighted by atomic mass is 16.2. The summed E-state index contributed by atoms with van der Waals surface area (Å²) in [6, 6.07) is 0.517. The molecule has 0 aromatic carbocycles. The zero-order valence-electron chi connectivity index (χ0n) is 12.8. The van der Waals surface area contributed by atoms with Crippen LogP contribution >= 0.6 is 0 Å². The molecule has 0 aromatic rings. The van der Waals surface area contributed by atoms with Crippen molar-refractivity contribution in [2.75, 3.05) is 6.54 Å². The molecule has 5 heteroatoms. The van der Waals surface area contributed by atoms with Gasteiger partial charge >= 0.3 is 0 Å². The lowest BCUT2D eigenvalue weighted by molar-refractivity contribution is -0.123. The Kier molecular flexibility index (Phi) is 7.59. The number of amides is 2. The van der Waals surface area contributed by atoms with Crippen LogP contribution in [0.4, 0.5) is 0 Å². The summed E-state index contributed by atoms with van der Waals surface area (Å²) in [7, 11) is 0. The van der Waals surface area contributed by atoms with Gasteiger partial charge in [0, 0.05) is 31.5 Å². The van der Waals surface area contributed by atoms with Crippen LogP contribution in [0.3, 0.4) is 0 Å². The first-order valence-corrected chi connectivity index (χ1v) is 7.82. The molecule has 0 bridgehead atoms. The number of carbonyl (C=O) groups is 2. The zero-order chi connectivity index (χ0) is 15.0. The molecule has 0 heterocycles. The Morgan fingerprint density at radius 3 is 2.45 bits per heavy atom. The highest BCUT2D eigenvalue weighted by Gasteiger charge is 2.20. The SMILES string of the molecule is CCC(C)NC(=O)CCNC(=O)CC1CCC(N)CC1. The third-order valence-corrected chi connectivity index (χ3v) is 4.06. The fourth-order valence-electron chi connectivity index (χ4n) is 2.49. The van der Waals surface area contributed by atoms with Crippen molar-refractivity contribution in [3.8, 4) is 0 Å². The van der Waals surface area contributed by atoms with Crippen LogP contribution in [0.5, 0.6) is 0 Å². The topological polar surface area (TPSA) is 84.2 Å². The van der Waals surface area contributed by atoms with Crippen LogP contribution in [0.25, 0.3) is 0 Å². The van der Waals surface area contributed by atoms with Crippen LogP contribution in [-0.4, -0.2) is 30.4 Å². The molecule has 116 valence electrons. The van der Waals surface area contributed by atoms with E-state index in [1.165, 1.54) is 0 Å². The quantitative estimate of drug-likeness (QED) is 0.659. The number of carbonyl (C=O) groups excluding carboxylic acids is 2. The van der Waals surface area contributed by atoms with E-state index in [1.54, 1.807) is 0 Å². The van der Waals surface area contributed by atoms with E-state index in [9.17, 15) is 9.59 Å². The monoisotopic (exact) mass is 283 g/mol. The van der Waals surface area contributed by atoms with Gasteiger partial charge in [-0.3, -0.25) is 9.59 Å². The Bertz CT molecular complexity index is 312. The van der Waals surface area contributed by atoms with Gasteiger partial charge in [-0.1, -0.05) is 6.92 Å². The fourth-order valence-corrected chi connectivity index (χ4v) is 2.49. The highest BCUT2D eigenvalue weighted by Crippen LogP contribution is 2.25. The van der Waals surface area contributed by atoms with Gasteiger partial charge in [0.2, 0.25) is 11.8 Å². The zero-order valence-corrected chi connectivity index (χ0v) is 12.8. The van der Waals surface area contributed by atoms with E-state index in [1.807, 2.05) is 13.8 Å². The average Bonchev–Trinajstić information content (AvgIpc) is 2.41. The third-order valence-electron chi connectivity index (χ3n) is 4.06. The number of hydrogen-bond donors (Lipinski definition) is 3. The van der Waals surface area contributed by atoms with Crippen LogP contribution in [0.15, 0.2) is 0 Å². The lowest BCUT2D eigenvalue weighted by Gasteiger charge is -2.25. The van der Waals surface area contributed by atoms with Crippen molar-refractivity contribution in [3.63, 3.8) is 0 Å². The van der Waals surface area contributed by atoms with Gasteiger partial charge in [-0.05, 0) is 44.9 Å². The number of hydrogen-bond acceptors (Lipinski definition) is 3. The Hall–Kier alpha value is -1.10. The largest absolute Gasteiger partial charge is 0.356 e. The molecule has 0 radical (unpaired) electrons. The molecule has 1 aliphatic rings. The Balaban J connectivity index is 2.09. The first-order chi connectivity index (χ1) is 9.51. The van der Waals surface area contributed by atoms with Crippen molar-refractivity contribution in [2.45, 2.75) is 70.9 Å². The number of nitrogens with one attached hydrogen (secondary N) is 2. The van der Waals surface area contributed by atoms with Gasteiger partial charge in [-0.2, -0.15) is 0 Å².